The van der Waals surface area contributed by atoms with Gasteiger partial charge < -0.3 is 10.1 Å². The number of nitrogens with one attached hydrogen (secondary N) is 2. The van der Waals surface area contributed by atoms with Crippen LogP contribution in [0, 0.1) is 13.8 Å². The standard InChI is InChI=1S/C24H20ClN5O6S/c1-13-12-14(2)27-24(26-13)29-37(34,35)18-10-6-16(7-11-18)28-20-19(25)21(31)30(22(20)32)17-8-4-15(5-9-17)23(33)36-3/h4-12,28H,1-3H3,(H,26,27,29). The predicted octanol–water partition coefficient (Wildman–Crippen LogP) is 3.12. The number of ether oxygens (including phenoxy) is 1. The summed E-state index contributed by atoms with van der Waals surface area (Å²) < 4.78 is 32.4. The first-order chi connectivity index (χ1) is 17.5. The largest absolute Gasteiger partial charge is 0.465 e. The molecular formula is C24H20ClN5O6S. The fourth-order valence-electron chi connectivity index (χ4n) is 3.52. The van der Waals surface area contributed by atoms with Crippen molar-refractivity contribution in [1.82, 2.24) is 9.97 Å². The molecule has 2 amide bonds. The van der Waals surface area contributed by atoms with E-state index in [9.17, 15) is 22.8 Å². The molecule has 0 bridgehead atoms. The Morgan fingerprint density at radius 3 is 2.11 bits per heavy atom. The second kappa shape index (κ2) is 9.99. The fraction of sp³-hybridized carbons (Fsp3) is 0.125. The molecule has 4 rings (SSSR count). The van der Waals surface area contributed by atoms with Crippen molar-refractivity contribution in [2.75, 3.05) is 22.0 Å². The van der Waals surface area contributed by atoms with E-state index in [1.807, 2.05) is 0 Å². The molecule has 0 saturated carbocycles. The first kappa shape index (κ1) is 25.8. The van der Waals surface area contributed by atoms with Gasteiger partial charge in [-0.3, -0.25) is 9.59 Å². The average Bonchev–Trinajstić information content (AvgIpc) is 3.06. The summed E-state index contributed by atoms with van der Waals surface area (Å²) in [5, 5.41) is 2.43. The van der Waals surface area contributed by atoms with Crippen LogP contribution in [0.4, 0.5) is 17.3 Å². The van der Waals surface area contributed by atoms with Gasteiger partial charge in [-0.2, -0.15) is 0 Å². The number of carbonyl (C=O) groups excluding carboxylic acids is 3. The van der Waals surface area contributed by atoms with Crippen molar-refractivity contribution in [2.24, 2.45) is 0 Å². The molecule has 0 atom stereocenters. The van der Waals surface area contributed by atoms with Gasteiger partial charge in [0.05, 0.1) is 23.3 Å². The lowest BCUT2D eigenvalue weighted by Crippen LogP contribution is -2.32. The van der Waals surface area contributed by atoms with Crippen molar-refractivity contribution in [3.63, 3.8) is 0 Å². The van der Waals surface area contributed by atoms with Crippen LogP contribution in [0.25, 0.3) is 0 Å². The molecule has 37 heavy (non-hydrogen) atoms. The first-order valence-corrected chi connectivity index (χ1v) is 12.6. The van der Waals surface area contributed by atoms with Crippen LogP contribution in [0.2, 0.25) is 0 Å². The van der Waals surface area contributed by atoms with Crippen LogP contribution >= 0.6 is 11.6 Å². The van der Waals surface area contributed by atoms with E-state index in [0.29, 0.717) is 17.1 Å². The zero-order valence-electron chi connectivity index (χ0n) is 19.8. The van der Waals surface area contributed by atoms with E-state index in [1.165, 1.54) is 55.6 Å². The first-order valence-electron chi connectivity index (χ1n) is 10.7. The van der Waals surface area contributed by atoms with E-state index in [-0.39, 0.29) is 32.8 Å². The lowest BCUT2D eigenvalue weighted by Gasteiger charge is -2.15. The number of hydrogen-bond acceptors (Lipinski definition) is 9. The monoisotopic (exact) mass is 541 g/mol. The summed E-state index contributed by atoms with van der Waals surface area (Å²) >= 11 is 6.15. The lowest BCUT2D eigenvalue weighted by molar-refractivity contribution is -0.120. The Bertz CT molecular complexity index is 1530. The second-order valence-electron chi connectivity index (χ2n) is 7.90. The van der Waals surface area contributed by atoms with Gasteiger partial charge in [0.1, 0.15) is 10.7 Å². The molecule has 0 spiro atoms. The van der Waals surface area contributed by atoms with Crippen LogP contribution in [0.3, 0.4) is 0 Å². The molecule has 11 nitrogen and oxygen atoms in total. The van der Waals surface area contributed by atoms with Crippen LogP contribution in [0.5, 0.6) is 0 Å². The maximum absolute atomic E-state index is 13.0. The Morgan fingerprint density at radius 1 is 0.946 bits per heavy atom. The number of aromatic nitrogens is 2. The van der Waals surface area contributed by atoms with E-state index in [2.05, 4.69) is 24.7 Å². The minimum absolute atomic E-state index is 0.0496. The highest BCUT2D eigenvalue weighted by molar-refractivity contribution is 7.92. The highest BCUT2D eigenvalue weighted by Crippen LogP contribution is 2.30. The van der Waals surface area contributed by atoms with E-state index in [1.54, 1.807) is 19.9 Å². The predicted molar refractivity (Wildman–Crippen MR) is 136 cm³/mol. The molecule has 2 aromatic carbocycles. The van der Waals surface area contributed by atoms with Gasteiger partial charge in [0, 0.05) is 17.1 Å². The van der Waals surface area contributed by atoms with Gasteiger partial charge in [-0.05, 0) is 68.4 Å². The Balaban J connectivity index is 1.50. The van der Waals surface area contributed by atoms with Crippen molar-refractivity contribution < 1.29 is 27.5 Å². The molecule has 1 aliphatic rings. The molecule has 2 heterocycles. The summed E-state index contributed by atoms with van der Waals surface area (Å²) in [6.07, 6.45) is 0. The Labute approximate surface area is 217 Å². The van der Waals surface area contributed by atoms with Crippen LogP contribution < -0.4 is 14.9 Å². The van der Waals surface area contributed by atoms with Crippen molar-refractivity contribution in [2.45, 2.75) is 18.7 Å². The smallest absolute Gasteiger partial charge is 0.337 e. The molecule has 0 unspecified atom stereocenters. The van der Waals surface area contributed by atoms with E-state index in [0.717, 1.165) is 4.90 Å². The number of benzene rings is 2. The summed E-state index contributed by atoms with van der Waals surface area (Å²) in [6.45, 7) is 3.45. The quantitative estimate of drug-likeness (QED) is 0.340. The third kappa shape index (κ3) is 5.29. The molecule has 0 radical (unpaired) electrons. The van der Waals surface area contributed by atoms with Crippen LogP contribution in [-0.2, 0) is 24.3 Å². The Hall–Kier alpha value is -4.29. The third-order valence-electron chi connectivity index (χ3n) is 5.22. The number of imide groups is 1. The summed E-state index contributed by atoms with van der Waals surface area (Å²) in [6, 6.07) is 12.8. The second-order valence-corrected chi connectivity index (χ2v) is 9.96. The number of aryl methyl sites for hydroxylation is 2. The summed E-state index contributed by atoms with van der Waals surface area (Å²) in [4.78, 5) is 46.2. The molecule has 0 fully saturated rings. The van der Waals surface area contributed by atoms with Crippen molar-refractivity contribution in [1.29, 1.82) is 0 Å². The van der Waals surface area contributed by atoms with Crippen LogP contribution in [-0.4, -0.2) is 43.3 Å². The number of halogens is 1. The molecule has 2 N–H and O–H groups in total. The van der Waals surface area contributed by atoms with Crippen molar-refractivity contribution in [3.05, 3.63) is 82.3 Å². The van der Waals surface area contributed by atoms with Crippen molar-refractivity contribution >= 4 is 56.7 Å². The molecule has 0 aliphatic carbocycles. The average molecular weight is 542 g/mol. The SMILES string of the molecule is COC(=O)c1ccc(N2C(=O)C(Cl)=C(Nc3ccc(S(=O)(=O)Nc4nc(C)cc(C)n4)cc3)C2=O)cc1. The van der Waals surface area contributed by atoms with Gasteiger partial charge in [-0.25, -0.2) is 32.8 Å². The number of esters is 1. The molecule has 3 aromatic rings. The van der Waals surface area contributed by atoms with Gasteiger partial charge in [0.25, 0.3) is 21.8 Å². The minimum Gasteiger partial charge on any atom is -0.465 e. The number of anilines is 3. The fourth-order valence-corrected chi connectivity index (χ4v) is 4.68. The number of carbonyl (C=O) groups is 3. The van der Waals surface area contributed by atoms with Crippen LogP contribution in [0.1, 0.15) is 21.7 Å². The Morgan fingerprint density at radius 2 is 1.54 bits per heavy atom. The number of amides is 2. The highest BCUT2D eigenvalue weighted by Gasteiger charge is 2.39. The number of sulfonamides is 1. The molecule has 13 heteroatoms. The normalized spacial score (nSPS) is 13.7. The summed E-state index contributed by atoms with van der Waals surface area (Å²) in [5.74, 6) is -2.08. The molecule has 1 aliphatic heterocycles. The molecule has 190 valence electrons. The van der Waals surface area contributed by atoms with Gasteiger partial charge in [-0.1, -0.05) is 11.6 Å². The number of rotatable bonds is 7. The van der Waals surface area contributed by atoms with Crippen molar-refractivity contribution in [3.8, 4) is 0 Å². The number of methoxy groups -OCH3 is 1. The number of hydrogen-bond donors (Lipinski definition) is 2. The number of nitrogens with zero attached hydrogens (tertiary/aromatic N) is 3. The maximum atomic E-state index is 13.0. The molecule has 0 saturated heterocycles. The van der Waals surface area contributed by atoms with E-state index < -0.39 is 27.8 Å². The summed E-state index contributed by atoms with van der Waals surface area (Å²) in [5.41, 5.74) is 1.81. The highest BCUT2D eigenvalue weighted by atomic mass is 35.5. The third-order valence-corrected chi connectivity index (χ3v) is 6.91. The molecular weight excluding hydrogens is 522 g/mol. The minimum atomic E-state index is -3.98. The topological polar surface area (TPSA) is 148 Å². The zero-order chi connectivity index (χ0) is 26.9. The molecule has 1 aromatic heterocycles. The summed E-state index contributed by atoms with van der Waals surface area (Å²) in [7, 11) is -2.74. The van der Waals surface area contributed by atoms with Gasteiger partial charge in [0.15, 0.2) is 0 Å². The van der Waals surface area contributed by atoms with Gasteiger partial charge in [-0.15, -0.1) is 0 Å². The Kier molecular flexibility index (Phi) is 6.96. The van der Waals surface area contributed by atoms with Gasteiger partial charge in [0.2, 0.25) is 5.95 Å². The lowest BCUT2D eigenvalue weighted by atomic mass is 10.2. The maximum Gasteiger partial charge on any atom is 0.337 e. The van der Waals surface area contributed by atoms with E-state index in [4.69, 9.17) is 11.6 Å². The van der Waals surface area contributed by atoms with E-state index >= 15 is 0 Å². The van der Waals surface area contributed by atoms with Gasteiger partial charge >= 0.3 is 5.97 Å². The van der Waals surface area contributed by atoms with Crippen LogP contribution in [0.15, 0.2) is 70.2 Å². The zero-order valence-corrected chi connectivity index (χ0v) is 21.3.